The Hall–Kier alpha value is -2.57. The SMILES string of the molecule is COc1cc2occ(-c3cccc(Br)c3)c2cc1/C(C)=C/C(=O)N1CCOCC1. The number of fused-ring (bicyclic) bond motifs is 1. The van der Waals surface area contributed by atoms with Gasteiger partial charge in [-0.3, -0.25) is 4.79 Å². The van der Waals surface area contributed by atoms with Crippen molar-refractivity contribution in [2.75, 3.05) is 33.4 Å². The molecule has 1 aromatic heterocycles. The van der Waals surface area contributed by atoms with Gasteiger partial charge in [-0.15, -0.1) is 0 Å². The first-order valence-electron chi connectivity index (χ1n) is 9.47. The summed E-state index contributed by atoms with van der Waals surface area (Å²) in [5.74, 6) is 0.670. The third-order valence-corrected chi connectivity index (χ3v) is 5.61. The summed E-state index contributed by atoms with van der Waals surface area (Å²) in [5, 5.41) is 0.977. The third-order valence-electron chi connectivity index (χ3n) is 5.12. The lowest BCUT2D eigenvalue weighted by atomic mass is 9.99. The molecule has 5 nitrogen and oxygen atoms in total. The number of ether oxygens (including phenoxy) is 2. The van der Waals surface area contributed by atoms with E-state index in [1.54, 1.807) is 19.4 Å². The summed E-state index contributed by atoms with van der Waals surface area (Å²) in [6.45, 7) is 4.33. The van der Waals surface area contributed by atoms with E-state index in [1.807, 2.05) is 42.2 Å². The molecule has 0 spiro atoms. The fourth-order valence-electron chi connectivity index (χ4n) is 3.55. The minimum absolute atomic E-state index is 0.00708. The molecular formula is C23H22BrNO4. The summed E-state index contributed by atoms with van der Waals surface area (Å²) >= 11 is 3.53. The molecule has 1 fully saturated rings. The Morgan fingerprint density at radius 2 is 2.00 bits per heavy atom. The molecule has 4 rings (SSSR count). The highest BCUT2D eigenvalue weighted by atomic mass is 79.9. The quantitative estimate of drug-likeness (QED) is 0.511. The van der Waals surface area contributed by atoms with Gasteiger partial charge in [0.05, 0.1) is 26.6 Å². The molecule has 2 heterocycles. The Morgan fingerprint density at radius 1 is 1.21 bits per heavy atom. The smallest absolute Gasteiger partial charge is 0.247 e. The molecule has 0 unspecified atom stereocenters. The minimum atomic E-state index is -0.00708. The highest BCUT2D eigenvalue weighted by Crippen LogP contribution is 2.38. The van der Waals surface area contributed by atoms with Gasteiger partial charge >= 0.3 is 0 Å². The Kier molecular flexibility index (Phi) is 5.74. The normalized spacial score (nSPS) is 15.0. The number of rotatable bonds is 4. The van der Waals surface area contributed by atoms with E-state index in [9.17, 15) is 4.79 Å². The molecule has 29 heavy (non-hydrogen) atoms. The molecule has 150 valence electrons. The molecule has 0 aliphatic carbocycles. The molecule has 0 saturated carbocycles. The lowest BCUT2D eigenvalue weighted by Crippen LogP contribution is -2.39. The number of amides is 1. The standard InChI is InChI=1S/C23H22BrNO4/c1-15(10-23(26)25-6-8-28-9-7-25)18-12-19-20(16-4-3-5-17(24)11-16)14-29-22(19)13-21(18)27-2/h3-5,10-14H,6-9H2,1-2H3/b15-10+. The maximum atomic E-state index is 12.7. The second kappa shape index (κ2) is 8.43. The van der Waals surface area contributed by atoms with E-state index in [4.69, 9.17) is 13.9 Å². The molecule has 3 aromatic rings. The van der Waals surface area contributed by atoms with Crippen LogP contribution in [0.3, 0.4) is 0 Å². The van der Waals surface area contributed by atoms with Gasteiger partial charge in [-0.05, 0) is 36.3 Å². The number of carbonyl (C=O) groups excluding carboxylic acids is 1. The van der Waals surface area contributed by atoms with E-state index in [-0.39, 0.29) is 5.91 Å². The van der Waals surface area contributed by atoms with Crippen LogP contribution < -0.4 is 4.74 Å². The zero-order valence-electron chi connectivity index (χ0n) is 16.4. The first kappa shape index (κ1) is 19.7. The van der Waals surface area contributed by atoms with E-state index in [0.717, 1.165) is 37.7 Å². The summed E-state index contributed by atoms with van der Waals surface area (Å²) in [7, 11) is 1.62. The largest absolute Gasteiger partial charge is 0.496 e. The first-order chi connectivity index (χ1) is 14.1. The molecule has 2 aromatic carbocycles. The van der Waals surface area contributed by atoms with Crippen LogP contribution in [0.15, 0.2) is 57.6 Å². The predicted molar refractivity (Wildman–Crippen MR) is 117 cm³/mol. The van der Waals surface area contributed by atoms with Gasteiger partial charge in [0.2, 0.25) is 5.91 Å². The molecule has 0 bridgehead atoms. The summed E-state index contributed by atoms with van der Waals surface area (Å²) in [4.78, 5) is 14.5. The maximum absolute atomic E-state index is 12.7. The number of benzene rings is 2. The van der Waals surface area contributed by atoms with Gasteiger partial charge in [0, 0.05) is 46.2 Å². The highest BCUT2D eigenvalue weighted by Gasteiger charge is 2.18. The monoisotopic (exact) mass is 455 g/mol. The van der Waals surface area contributed by atoms with Crippen molar-refractivity contribution in [1.29, 1.82) is 0 Å². The minimum Gasteiger partial charge on any atom is -0.496 e. The van der Waals surface area contributed by atoms with Crippen LogP contribution in [-0.2, 0) is 9.53 Å². The number of halogens is 1. The zero-order valence-corrected chi connectivity index (χ0v) is 18.0. The van der Waals surface area contributed by atoms with Crippen LogP contribution in [0.4, 0.5) is 0 Å². The van der Waals surface area contributed by atoms with Crippen LogP contribution in [0.5, 0.6) is 5.75 Å². The number of morpholine rings is 1. The van der Waals surface area contributed by atoms with E-state index in [0.29, 0.717) is 32.1 Å². The molecular weight excluding hydrogens is 434 g/mol. The van der Waals surface area contributed by atoms with Crippen molar-refractivity contribution in [3.05, 3.63) is 58.8 Å². The predicted octanol–water partition coefficient (Wildman–Crippen LogP) is 5.13. The number of carbonyl (C=O) groups is 1. The topological polar surface area (TPSA) is 51.9 Å². The third kappa shape index (κ3) is 4.09. The first-order valence-corrected chi connectivity index (χ1v) is 10.3. The Balaban J connectivity index is 1.75. The summed E-state index contributed by atoms with van der Waals surface area (Å²) in [6, 6.07) is 12.0. The maximum Gasteiger partial charge on any atom is 0.247 e. The van der Waals surface area contributed by atoms with Crippen molar-refractivity contribution < 1.29 is 18.7 Å². The number of hydrogen-bond acceptors (Lipinski definition) is 4. The number of hydrogen-bond donors (Lipinski definition) is 0. The molecule has 0 atom stereocenters. The van der Waals surface area contributed by atoms with Crippen LogP contribution in [0.2, 0.25) is 0 Å². The van der Waals surface area contributed by atoms with Gasteiger partial charge in [0.15, 0.2) is 0 Å². The van der Waals surface area contributed by atoms with Gasteiger partial charge in [-0.25, -0.2) is 0 Å². The average molecular weight is 456 g/mol. The summed E-state index contributed by atoms with van der Waals surface area (Å²) in [6.07, 6.45) is 3.43. The second-order valence-corrected chi connectivity index (χ2v) is 7.89. The lowest BCUT2D eigenvalue weighted by molar-refractivity contribution is -0.129. The van der Waals surface area contributed by atoms with Crippen molar-refractivity contribution in [2.45, 2.75) is 6.92 Å². The van der Waals surface area contributed by atoms with Crippen LogP contribution in [-0.4, -0.2) is 44.2 Å². The van der Waals surface area contributed by atoms with Gasteiger partial charge in [-0.1, -0.05) is 28.1 Å². The van der Waals surface area contributed by atoms with Crippen molar-refractivity contribution in [3.63, 3.8) is 0 Å². The van der Waals surface area contributed by atoms with Gasteiger partial charge < -0.3 is 18.8 Å². The van der Waals surface area contributed by atoms with E-state index < -0.39 is 0 Å². The summed E-state index contributed by atoms with van der Waals surface area (Å²) < 4.78 is 17.7. The molecule has 0 N–H and O–H groups in total. The second-order valence-electron chi connectivity index (χ2n) is 6.97. The Bertz CT molecular complexity index is 1080. The molecule has 0 radical (unpaired) electrons. The zero-order chi connectivity index (χ0) is 20.4. The number of nitrogens with zero attached hydrogens (tertiary/aromatic N) is 1. The van der Waals surface area contributed by atoms with E-state index in [1.165, 1.54) is 0 Å². The van der Waals surface area contributed by atoms with Crippen molar-refractivity contribution in [1.82, 2.24) is 4.90 Å². The Labute approximate surface area is 178 Å². The highest BCUT2D eigenvalue weighted by molar-refractivity contribution is 9.10. The van der Waals surface area contributed by atoms with Crippen molar-refractivity contribution in [3.8, 4) is 16.9 Å². The molecule has 1 saturated heterocycles. The summed E-state index contributed by atoms with van der Waals surface area (Å²) in [5.41, 5.74) is 4.52. The number of allylic oxidation sites excluding steroid dienone is 1. The van der Waals surface area contributed by atoms with Gasteiger partial charge in [0.1, 0.15) is 11.3 Å². The number of methoxy groups -OCH3 is 1. The molecule has 1 amide bonds. The van der Waals surface area contributed by atoms with Crippen molar-refractivity contribution >= 4 is 38.4 Å². The molecule has 6 heteroatoms. The number of furan rings is 1. The Morgan fingerprint density at radius 3 is 2.72 bits per heavy atom. The van der Waals surface area contributed by atoms with Crippen LogP contribution in [0.25, 0.3) is 27.7 Å². The van der Waals surface area contributed by atoms with E-state index in [2.05, 4.69) is 22.0 Å². The van der Waals surface area contributed by atoms with Gasteiger partial charge in [0.25, 0.3) is 0 Å². The average Bonchev–Trinajstić information content (AvgIpc) is 3.16. The van der Waals surface area contributed by atoms with Gasteiger partial charge in [-0.2, -0.15) is 0 Å². The van der Waals surface area contributed by atoms with E-state index >= 15 is 0 Å². The fraction of sp³-hybridized carbons (Fsp3) is 0.261. The van der Waals surface area contributed by atoms with Crippen LogP contribution >= 0.6 is 15.9 Å². The van der Waals surface area contributed by atoms with Crippen LogP contribution in [0.1, 0.15) is 12.5 Å². The molecule has 1 aliphatic rings. The fourth-order valence-corrected chi connectivity index (χ4v) is 3.95. The lowest BCUT2D eigenvalue weighted by Gasteiger charge is -2.26. The van der Waals surface area contributed by atoms with Crippen LogP contribution in [0, 0.1) is 0 Å². The van der Waals surface area contributed by atoms with Crippen molar-refractivity contribution in [2.24, 2.45) is 0 Å². The molecule has 1 aliphatic heterocycles.